The van der Waals surface area contributed by atoms with Gasteiger partial charge in [-0.15, -0.1) is 0 Å². The van der Waals surface area contributed by atoms with Crippen LogP contribution in [0.2, 0.25) is 0 Å². The molecular weight excluding hydrogens is 496 g/mol. The van der Waals surface area contributed by atoms with Crippen LogP contribution in [-0.4, -0.2) is 19.0 Å². The number of carbonyl (C=O) groups excluding carboxylic acids is 1. The van der Waals surface area contributed by atoms with E-state index in [1.807, 2.05) is 61.5 Å². The van der Waals surface area contributed by atoms with Gasteiger partial charge in [0.2, 0.25) is 0 Å². The first-order chi connectivity index (χ1) is 19.4. The van der Waals surface area contributed by atoms with Crippen molar-refractivity contribution < 1.29 is 9.21 Å². The number of hydrogen-bond acceptors (Lipinski definition) is 5. The van der Waals surface area contributed by atoms with Gasteiger partial charge in [0, 0.05) is 66.1 Å². The van der Waals surface area contributed by atoms with Crippen molar-refractivity contribution in [2.45, 2.75) is 40.8 Å². The number of nitrogens with two attached hydrogens (primary N) is 1. The second kappa shape index (κ2) is 11.8. The van der Waals surface area contributed by atoms with Crippen molar-refractivity contribution >= 4 is 22.6 Å². The van der Waals surface area contributed by atoms with Crippen molar-refractivity contribution in [3.8, 4) is 22.5 Å². The number of carbonyl (C=O) groups is 1. The lowest BCUT2D eigenvalue weighted by Gasteiger charge is -2.20. The molecule has 1 aliphatic heterocycles. The summed E-state index contributed by atoms with van der Waals surface area (Å²) < 4.78 is 6.51. The molecule has 2 aliphatic rings. The van der Waals surface area contributed by atoms with Gasteiger partial charge in [0.15, 0.2) is 0 Å². The number of amides is 1. The van der Waals surface area contributed by atoms with Gasteiger partial charge in [0.05, 0.1) is 5.36 Å². The van der Waals surface area contributed by atoms with E-state index in [-0.39, 0.29) is 5.91 Å². The smallest absolute Gasteiger partial charge is 0.252 e. The predicted octanol–water partition coefficient (Wildman–Crippen LogP) is 6.56. The molecule has 3 aromatic rings. The van der Waals surface area contributed by atoms with E-state index >= 15 is 0 Å². The van der Waals surface area contributed by atoms with Crippen molar-refractivity contribution in [3.63, 3.8) is 0 Å². The first kappa shape index (κ1) is 27.2. The highest BCUT2D eigenvalue weighted by Gasteiger charge is 2.23. The minimum Gasteiger partial charge on any atom is -0.456 e. The van der Waals surface area contributed by atoms with Crippen LogP contribution in [0.3, 0.4) is 0 Å². The Balaban J connectivity index is 1.68. The van der Waals surface area contributed by atoms with Crippen LogP contribution >= 0.6 is 0 Å². The molecule has 6 nitrogen and oxygen atoms in total. The van der Waals surface area contributed by atoms with E-state index in [1.54, 1.807) is 0 Å². The highest BCUT2D eigenvalue weighted by Crippen LogP contribution is 2.42. The number of aryl methyl sites for hydroxylation is 2. The van der Waals surface area contributed by atoms with Crippen molar-refractivity contribution in [2.75, 3.05) is 18.4 Å². The Labute approximate surface area is 235 Å². The molecule has 0 fully saturated rings. The van der Waals surface area contributed by atoms with E-state index in [0.29, 0.717) is 25.2 Å². The first-order valence-corrected chi connectivity index (χ1v) is 13.8. The molecule has 5 rings (SSSR count). The molecular formula is C34H36N4O2. The lowest BCUT2D eigenvalue weighted by atomic mass is 9.89. The summed E-state index contributed by atoms with van der Waals surface area (Å²) in [5.74, 6) is 0.609. The van der Waals surface area contributed by atoms with Crippen LogP contribution in [0, 0.1) is 13.8 Å². The van der Waals surface area contributed by atoms with Gasteiger partial charge in [-0.25, -0.2) is 0 Å². The number of anilines is 1. The molecule has 204 valence electrons. The van der Waals surface area contributed by atoms with Crippen molar-refractivity contribution in [2.24, 2.45) is 10.7 Å². The zero-order valence-corrected chi connectivity index (χ0v) is 23.6. The number of hydrogen-bond donors (Lipinski definition) is 3. The van der Waals surface area contributed by atoms with Gasteiger partial charge in [-0.2, -0.15) is 0 Å². The predicted molar refractivity (Wildman–Crippen MR) is 164 cm³/mol. The summed E-state index contributed by atoms with van der Waals surface area (Å²) in [7, 11) is 0. The first-order valence-electron chi connectivity index (χ1n) is 13.8. The summed E-state index contributed by atoms with van der Waals surface area (Å²) in [5.41, 5.74) is 15.2. The van der Waals surface area contributed by atoms with E-state index < -0.39 is 0 Å². The third kappa shape index (κ3) is 5.36. The van der Waals surface area contributed by atoms with Crippen molar-refractivity contribution in [1.82, 2.24) is 5.32 Å². The Hall–Kier alpha value is -4.42. The van der Waals surface area contributed by atoms with Crippen LogP contribution < -0.4 is 21.7 Å². The highest BCUT2D eigenvalue weighted by atomic mass is 16.3. The van der Waals surface area contributed by atoms with Gasteiger partial charge in [0.1, 0.15) is 11.3 Å². The van der Waals surface area contributed by atoms with Crippen LogP contribution in [0.5, 0.6) is 0 Å². The number of rotatable bonds is 8. The molecule has 6 heteroatoms. The summed E-state index contributed by atoms with van der Waals surface area (Å²) in [6, 6.07) is 24.1. The minimum atomic E-state index is -0.129. The second-order valence-electron chi connectivity index (χ2n) is 10.0. The zero-order chi connectivity index (χ0) is 28.2. The third-order valence-corrected chi connectivity index (χ3v) is 7.23. The topological polar surface area (TPSA) is 92.6 Å². The van der Waals surface area contributed by atoms with Gasteiger partial charge in [-0.05, 0) is 73.7 Å². The van der Waals surface area contributed by atoms with Gasteiger partial charge < -0.3 is 20.8 Å². The maximum Gasteiger partial charge on any atom is 0.252 e. The lowest BCUT2D eigenvalue weighted by Crippen LogP contribution is -2.23. The summed E-state index contributed by atoms with van der Waals surface area (Å²) in [5, 5.41) is 8.42. The Morgan fingerprint density at radius 2 is 1.65 bits per heavy atom. The van der Waals surface area contributed by atoms with Crippen LogP contribution in [0.1, 0.15) is 46.5 Å². The molecule has 0 saturated carbocycles. The van der Waals surface area contributed by atoms with Crippen LogP contribution in [-0.2, 0) is 13.1 Å². The molecule has 0 saturated heterocycles. The molecule has 1 heterocycles. The monoisotopic (exact) mass is 532 g/mol. The molecule has 1 aliphatic carbocycles. The largest absolute Gasteiger partial charge is 0.456 e. The molecule has 0 radical (unpaired) electrons. The van der Waals surface area contributed by atoms with Crippen LogP contribution in [0.15, 0.2) is 82.2 Å². The number of fused-ring (bicyclic) bond motifs is 2. The average Bonchev–Trinajstić information content (AvgIpc) is 2.96. The van der Waals surface area contributed by atoms with E-state index in [0.717, 1.165) is 73.3 Å². The fraction of sp³-hybridized carbons (Fsp3) is 0.235. The second-order valence-corrected chi connectivity index (χ2v) is 10.0. The molecule has 0 bridgehead atoms. The summed E-state index contributed by atoms with van der Waals surface area (Å²) in [6.45, 7) is 10.7. The minimum absolute atomic E-state index is 0.129. The highest BCUT2D eigenvalue weighted by molar-refractivity contribution is 6.09. The van der Waals surface area contributed by atoms with Crippen LogP contribution in [0.25, 0.3) is 33.4 Å². The lowest BCUT2D eigenvalue weighted by molar-refractivity contribution is 0.0951. The Morgan fingerprint density at radius 1 is 0.900 bits per heavy atom. The average molecular weight is 533 g/mol. The van der Waals surface area contributed by atoms with E-state index in [2.05, 4.69) is 54.6 Å². The molecule has 4 N–H and O–H groups in total. The van der Waals surface area contributed by atoms with Gasteiger partial charge in [-0.1, -0.05) is 42.5 Å². The standard InChI is InChI=1S/C34H36N4O2/c1-5-36-29-17-31-27(15-21(29)3)33(28-16-22(4)30(37-6-2)18-32(28)40-31)25-9-7-8-10-26(25)34(39)38-20-24-13-11-23(19-35)12-14-24/h7-18,36H,5-6,19-20,35H2,1-4H3,(H,38,39). The Bertz CT molecular complexity index is 1720. The molecule has 40 heavy (non-hydrogen) atoms. The molecule has 0 aromatic heterocycles. The molecule has 3 aromatic carbocycles. The maximum absolute atomic E-state index is 13.6. The van der Waals surface area contributed by atoms with Gasteiger partial charge in [0.25, 0.3) is 5.91 Å². The quantitative estimate of drug-likeness (QED) is 0.197. The fourth-order valence-electron chi connectivity index (χ4n) is 5.17. The fourth-order valence-corrected chi connectivity index (χ4v) is 5.17. The summed E-state index contributed by atoms with van der Waals surface area (Å²) in [6.07, 6.45) is 0. The van der Waals surface area contributed by atoms with E-state index in [9.17, 15) is 4.79 Å². The zero-order valence-electron chi connectivity index (χ0n) is 23.6. The number of nitrogens with one attached hydrogen (secondary N) is 2. The van der Waals surface area contributed by atoms with Gasteiger partial charge >= 0.3 is 0 Å². The van der Waals surface area contributed by atoms with E-state index in [1.165, 1.54) is 0 Å². The van der Waals surface area contributed by atoms with E-state index in [4.69, 9.17) is 10.2 Å². The van der Waals surface area contributed by atoms with Gasteiger partial charge in [-0.3, -0.25) is 9.79 Å². The Morgan fingerprint density at radius 3 is 2.38 bits per heavy atom. The molecule has 0 spiro atoms. The van der Waals surface area contributed by atoms with Crippen molar-refractivity contribution in [3.05, 3.63) is 106 Å². The maximum atomic E-state index is 13.6. The van der Waals surface area contributed by atoms with Crippen LogP contribution in [0.4, 0.5) is 5.69 Å². The molecule has 1 amide bonds. The summed E-state index contributed by atoms with van der Waals surface area (Å²) in [4.78, 5) is 18.3. The number of benzene rings is 4. The SMILES string of the molecule is CCN=c1cc2oc3cc(NCC)c(C)cc3c(-c3ccccc3C(=O)NCc3ccc(CN)cc3)c-2cc1C. The summed E-state index contributed by atoms with van der Waals surface area (Å²) >= 11 is 0. The van der Waals surface area contributed by atoms with Crippen molar-refractivity contribution in [1.29, 1.82) is 0 Å². The number of nitrogens with zero attached hydrogens (tertiary/aromatic N) is 1. The Kier molecular flexibility index (Phi) is 7.99. The third-order valence-electron chi connectivity index (χ3n) is 7.23. The molecule has 0 unspecified atom stereocenters. The normalized spacial score (nSPS) is 11.8. The molecule has 0 atom stereocenters.